The molecule has 1 amide bonds. The van der Waals surface area contributed by atoms with Crippen molar-refractivity contribution in [3.63, 3.8) is 0 Å². The number of amides is 1. The van der Waals surface area contributed by atoms with Crippen LogP contribution in [0.5, 0.6) is 0 Å². The number of halogens is 1. The van der Waals surface area contributed by atoms with E-state index in [9.17, 15) is 14.3 Å². The summed E-state index contributed by atoms with van der Waals surface area (Å²) >= 11 is 0. The number of rotatable bonds is 4. The molecule has 0 aliphatic carbocycles. The van der Waals surface area contributed by atoms with E-state index >= 15 is 0 Å². The van der Waals surface area contributed by atoms with E-state index in [0.717, 1.165) is 22.4 Å². The van der Waals surface area contributed by atoms with Gasteiger partial charge in [-0.1, -0.05) is 18.2 Å². The summed E-state index contributed by atoms with van der Waals surface area (Å²) in [5, 5.41) is 17.5. The summed E-state index contributed by atoms with van der Waals surface area (Å²) < 4.78 is 15.8. The summed E-state index contributed by atoms with van der Waals surface area (Å²) in [6.07, 6.45) is 1.56. The Morgan fingerprint density at radius 2 is 1.91 bits per heavy atom. The maximum atomic E-state index is 14.1. The fraction of sp³-hybridized carbons (Fsp3) is 0.167. The molecule has 2 aromatic carbocycles. The molecule has 8 heteroatoms. The van der Waals surface area contributed by atoms with Gasteiger partial charge in [0.05, 0.1) is 13.2 Å². The minimum absolute atomic E-state index is 0.120. The van der Waals surface area contributed by atoms with Crippen LogP contribution in [0.3, 0.4) is 0 Å². The Balaban J connectivity index is 1.56. The molecule has 5 rings (SSSR count). The molecule has 0 spiro atoms. The van der Waals surface area contributed by atoms with E-state index in [4.69, 9.17) is 0 Å². The molecule has 32 heavy (non-hydrogen) atoms. The number of hydrogen-bond donors (Lipinski definition) is 1. The van der Waals surface area contributed by atoms with Gasteiger partial charge in [0.2, 0.25) is 0 Å². The van der Waals surface area contributed by atoms with Gasteiger partial charge in [0.25, 0.3) is 5.91 Å². The Bertz CT molecular complexity index is 1360. The summed E-state index contributed by atoms with van der Waals surface area (Å²) in [6.45, 7) is 2.11. The van der Waals surface area contributed by atoms with Crippen LogP contribution in [0.1, 0.15) is 27.2 Å². The number of hydrogen-bond acceptors (Lipinski definition) is 5. The van der Waals surface area contributed by atoms with Crippen LogP contribution in [0.15, 0.2) is 54.9 Å². The second kappa shape index (κ2) is 7.65. The Morgan fingerprint density at radius 3 is 2.66 bits per heavy atom. The monoisotopic (exact) mass is 429 g/mol. The highest BCUT2D eigenvalue weighted by atomic mass is 19.1. The van der Waals surface area contributed by atoms with E-state index in [2.05, 4.69) is 15.2 Å². The zero-order valence-electron chi connectivity index (χ0n) is 17.6. The molecule has 7 nitrogen and oxygen atoms in total. The van der Waals surface area contributed by atoms with Crippen molar-refractivity contribution in [1.82, 2.24) is 19.7 Å². The van der Waals surface area contributed by atoms with E-state index in [1.807, 2.05) is 25.1 Å². The van der Waals surface area contributed by atoms with Gasteiger partial charge in [-0.25, -0.2) is 9.37 Å². The largest absolute Gasteiger partial charge is 0.392 e. The van der Waals surface area contributed by atoms with Crippen LogP contribution in [0.25, 0.3) is 22.5 Å². The van der Waals surface area contributed by atoms with Crippen molar-refractivity contribution in [2.24, 2.45) is 7.05 Å². The zero-order chi connectivity index (χ0) is 22.4. The van der Waals surface area contributed by atoms with Crippen LogP contribution in [-0.4, -0.2) is 30.8 Å². The molecule has 1 aliphatic heterocycles. The topological polar surface area (TPSA) is 84.1 Å². The standard InChI is InChI=1S/C24H20FN5O2/c1-14-7-15(12-31)8-22(27-14)30-11-17-4-3-16(9-20(17)24(30)32)19-6-5-18(25)10-21(19)23-28-26-13-29(23)2/h3-10,13,31H,11-12H2,1-2H3. The lowest BCUT2D eigenvalue weighted by Gasteiger charge is -2.16. The number of anilines is 1. The molecule has 0 atom stereocenters. The Kier molecular flexibility index (Phi) is 4.79. The number of benzene rings is 2. The number of aryl methyl sites for hydroxylation is 2. The third-order valence-electron chi connectivity index (χ3n) is 5.62. The predicted molar refractivity (Wildman–Crippen MR) is 117 cm³/mol. The summed E-state index contributed by atoms with van der Waals surface area (Å²) in [5.74, 6) is 0.512. The molecule has 0 saturated carbocycles. The molecule has 0 radical (unpaired) electrons. The molecular formula is C24H20FN5O2. The highest BCUT2D eigenvalue weighted by Crippen LogP contribution is 2.35. The van der Waals surface area contributed by atoms with Gasteiger partial charge in [-0.15, -0.1) is 10.2 Å². The van der Waals surface area contributed by atoms with Gasteiger partial charge in [0.15, 0.2) is 5.82 Å². The van der Waals surface area contributed by atoms with Gasteiger partial charge in [0.1, 0.15) is 18.0 Å². The Labute approximate surface area is 183 Å². The zero-order valence-corrected chi connectivity index (χ0v) is 17.6. The Hall–Kier alpha value is -3.91. The van der Waals surface area contributed by atoms with Gasteiger partial charge >= 0.3 is 0 Å². The van der Waals surface area contributed by atoms with Crippen LogP contribution >= 0.6 is 0 Å². The number of carbonyl (C=O) groups excluding carboxylic acids is 1. The van der Waals surface area contributed by atoms with E-state index in [0.29, 0.717) is 34.9 Å². The fourth-order valence-electron chi connectivity index (χ4n) is 4.08. The van der Waals surface area contributed by atoms with Crippen molar-refractivity contribution in [1.29, 1.82) is 0 Å². The summed E-state index contributed by atoms with van der Waals surface area (Å²) in [7, 11) is 1.80. The molecule has 1 N–H and O–H groups in total. The first-order valence-electron chi connectivity index (χ1n) is 10.1. The van der Waals surface area contributed by atoms with Gasteiger partial charge < -0.3 is 9.67 Å². The van der Waals surface area contributed by atoms with Crippen LogP contribution in [-0.2, 0) is 20.2 Å². The van der Waals surface area contributed by atoms with Crippen LogP contribution in [0.2, 0.25) is 0 Å². The average molecular weight is 429 g/mol. The highest BCUT2D eigenvalue weighted by molar-refractivity contribution is 6.10. The summed E-state index contributed by atoms with van der Waals surface area (Å²) in [5.41, 5.74) is 5.03. The first-order valence-corrected chi connectivity index (χ1v) is 10.1. The van der Waals surface area contributed by atoms with Crippen molar-refractivity contribution < 1.29 is 14.3 Å². The van der Waals surface area contributed by atoms with Crippen LogP contribution in [0.4, 0.5) is 10.2 Å². The molecular weight excluding hydrogens is 409 g/mol. The van der Waals surface area contributed by atoms with Crippen molar-refractivity contribution >= 4 is 11.7 Å². The second-order valence-electron chi connectivity index (χ2n) is 7.85. The number of carbonyl (C=O) groups is 1. The smallest absolute Gasteiger partial charge is 0.260 e. The number of pyridine rings is 1. The molecule has 4 aromatic rings. The lowest BCUT2D eigenvalue weighted by molar-refractivity contribution is 0.0996. The van der Waals surface area contributed by atoms with Gasteiger partial charge in [-0.3, -0.25) is 9.69 Å². The minimum atomic E-state index is -0.375. The molecule has 0 fully saturated rings. The molecule has 2 aromatic heterocycles. The van der Waals surface area contributed by atoms with Crippen molar-refractivity contribution in [3.05, 3.63) is 83.1 Å². The lowest BCUT2D eigenvalue weighted by atomic mass is 9.96. The molecule has 1 aliphatic rings. The highest BCUT2D eigenvalue weighted by Gasteiger charge is 2.30. The van der Waals surface area contributed by atoms with E-state index in [1.165, 1.54) is 12.1 Å². The van der Waals surface area contributed by atoms with Crippen molar-refractivity contribution in [2.75, 3.05) is 4.90 Å². The number of fused-ring (bicyclic) bond motifs is 1. The van der Waals surface area contributed by atoms with Gasteiger partial charge in [0, 0.05) is 23.9 Å². The number of aliphatic hydroxyl groups excluding tert-OH is 1. The van der Waals surface area contributed by atoms with Gasteiger partial charge in [-0.2, -0.15) is 0 Å². The second-order valence-corrected chi connectivity index (χ2v) is 7.85. The average Bonchev–Trinajstić information content (AvgIpc) is 3.36. The normalized spacial score (nSPS) is 13.0. The number of aliphatic hydroxyl groups is 1. The van der Waals surface area contributed by atoms with E-state index in [1.54, 1.807) is 41.0 Å². The SMILES string of the molecule is Cc1cc(CO)cc(N2Cc3ccc(-c4ccc(F)cc4-c4nncn4C)cc3C2=O)n1. The summed E-state index contributed by atoms with van der Waals surface area (Å²) in [6, 6.07) is 13.7. The first kappa shape index (κ1) is 20.0. The molecule has 0 saturated heterocycles. The maximum Gasteiger partial charge on any atom is 0.260 e. The fourth-order valence-corrected chi connectivity index (χ4v) is 4.08. The van der Waals surface area contributed by atoms with Crippen LogP contribution in [0, 0.1) is 12.7 Å². The molecule has 0 unspecified atom stereocenters. The van der Waals surface area contributed by atoms with E-state index < -0.39 is 0 Å². The molecule has 160 valence electrons. The molecule has 3 heterocycles. The Morgan fingerprint density at radius 1 is 1.06 bits per heavy atom. The van der Waals surface area contributed by atoms with E-state index in [-0.39, 0.29) is 18.3 Å². The predicted octanol–water partition coefficient (Wildman–Crippen LogP) is 3.64. The quantitative estimate of drug-likeness (QED) is 0.535. The van der Waals surface area contributed by atoms with Crippen LogP contribution < -0.4 is 4.90 Å². The lowest BCUT2D eigenvalue weighted by Crippen LogP contribution is -2.24. The third-order valence-corrected chi connectivity index (χ3v) is 5.62. The first-order chi connectivity index (χ1) is 15.4. The number of nitrogens with zero attached hydrogens (tertiary/aromatic N) is 5. The maximum absolute atomic E-state index is 14.1. The number of aromatic nitrogens is 4. The summed E-state index contributed by atoms with van der Waals surface area (Å²) in [4.78, 5) is 19.3. The van der Waals surface area contributed by atoms with Gasteiger partial charge in [-0.05, 0) is 59.5 Å². The third kappa shape index (κ3) is 3.34. The minimum Gasteiger partial charge on any atom is -0.392 e. The van der Waals surface area contributed by atoms with Crippen molar-refractivity contribution in [3.8, 4) is 22.5 Å². The molecule has 0 bridgehead atoms. The van der Waals surface area contributed by atoms with Crippen molar-refractivity contribution in [2.45, 2.75) is 20.1 Å².